The first kappa shape index (κ1) is 17.1. The van der Waals surface area contributed by atoms with Crippen LogP contribution in [0, 0.1) is 0 Å². The number of nitrogens with zero attached hydrogens (tertiary/aromatic N) is 3. The molecule has 1 aliphatic heterocycles. The molecule has 4 rings (SSSR count). The van der Waals surface area contributed by atoms with Crippen LogP contribution in [-0.4, -0.2) is 27.1 Å². The Hall–Kier alpha value is -2.37. The maximum Gasteiger partial charge on any atom is 0.246 e. The van der Waals surface area contributed by atoms with Gasteiger partial charge in [-0.3, -0.25) is 9.48 Å². The molecule has 0 spiro atoms. The van der Waals surface area contributed by atoms with Gasteiger partial charge in [0.15, 0.2) is 0 Å². The molecule has 0 radical (unpaired) electrons. The van der Waals surface area contributed by atoms with Gasteiger partial charge in [-0.05, 0) is 29.3 Å². The van der Waals surface area contributed by atoms with Crippen LogP contribution in [-0.2, 0) is 18.4 Å². The van der Waals surface area contributed by atoms with Crippen LogP contribution in [0.5, 0.6) is 0 Å². The third-order valence-electron chi connectivity index (χ3n) is 4.74. The Labute approximate surface area is 161 Å². The van der Waals surface area contributed by atoms with Gasteiger partial charge in [0.25, 0.3) is 0 Å². The minimum absolute atomic E-state index is 0.0551. The number of benzene rings is 1. The van der Waals surface area contributed by atoms with Crippen LogP contribution < -0.4 is 0 Å². The molecule has 1 aromatic carbocycles. The second-order valence-electron chi connectivity index (χ2n) is 6.37. The third kappa shape index (κ3) is 2.97. The zero-order valence-corrected chi connectivity index (χ0v) is 15.9. The Kier molecular flexibility index (Phi) is 4.42. The van der Waals surface area contributed by atoms with Gasteiger partial charge in [0.2, 0.25) is 5.91 Å². The maximum atomic E-state index is 12.3. The van der Waals surface area contributed by atoms with Crippen molar-refractivity contribution in [1.29, 1.82) is 0 Å². The molecule has 4 nitrogen and oxygen atoms in total. The van der Waals surface area contributed by atoms with E-state index in [1.165, 1.54) is 11.6 Å². The van der Waals surface area contributed by atoms with E-state index in [-0.39, 0.29) is 11.8 Å². The lowest BCUT2D eigenvalue weighted by atomic mass is 9.85. The minimum Gasteiger partial charge on any atom is -0.333 e. The molecule has 0 N–H and O–H groups in total. The summed E-state index contributed by atoms with van der Waals surface area (Å²) in [6.07, 6.45) is 3.31. The standard InChI is InChI=1S/C20H18ClN3OS/c1-3-20(25)24-11-16(15-10-19(21)26-18(15)12-24)13-6-4-5-7-14(13)17-8-9-23(2)22-17/h3-10,16H,1,11-12H2,2H3/t16-/m0/s1. The van der Waals surface area contributed by atoms with Crippen molar-refractivity contribution in [3.8, 4) is 11.3 Å². The van der Waals surface area contributed by atoms with E-state index in [2.05, 4.69) is 23.8 Å². The highest BCUT2D eigenvalue weighted by atomic mass is 35.5. The predicted octanol–water partition coefficient (Wildman–Crippen LogP) is 4.46. The van der Waals surface area contributed by atoms with Crippen LogP contribution in [0.2, 0.25) is 4.34 Å². The third-order valence-corrected chi connectivity index (χ3v) is 6.00. The van der Waals surface area contributed by atoms with Gasteiger partial charge >= 0.3 is 0 Å². The lowest BCUT2D eigenvalue weighted by Gasteiger charge is -2.33. The van der Waals surface area contributed by atoms with Gasteiger partial charge in [-0.15, -0.1) is 11.3 Å². The van der Waals surface area contributed by atoms with E-state index in [1.807, 2.05) is 42.4 Å². The number of hydrogen-bond acceptors (Lipinski definition) is 3. The average molecular weight is 384 g/mol. The molecule has 1 amide bonds. The number of carbonyl (C=O) groups is 1. The van der Waals surface area contributed by atoms with Crippen molar-refractivity contribution in [3.05, 3.63) is 75.6 Å². The Morgan fingerprint density at radius 3 is 2.88 bits per heavy atom. The molecule has 2 aromatic heterocycles. The lowest BCUT2D eigenvalue weighted by Crippen LogP contribution is -2.37. The van der Waals surface area contributed by atoms with Crippen molar-refractivity contribution in [2.45, 2.75) is 12.5 Å². The summed E-state index contributed by atoms with van der Waals surface area (Å²) in [6, 6.07) is 12.3. The number of aryl methyl sites for hydroxylation is 1. The van der Waals surface area contributed by atoms with E-state index in [1.54, 1.807) is 16.0 Å². The van der Waals surface area contributed by atoms with Crippen molar-refractivity contribution >= 4 is 28.8 Å². The molecule has 3 aromatic rings. The number of fused-ring (bicyclic) bond motifs is 1. The zero-order chi connectivity index (χ0) is 18.3. The van der Waals surface area contributed by atoms with E-state index in [0.29, 0.717) is 13.1 Å². The number of thiophene rings is 1. The fraction of sp³-hybridized carbons (Fsp3) is 0.200. The molecule has 1 aliphatic rings. The second kappa shape index (κ2) is 6.74. The first-order valence-corrected chi connectivity index (χ1v) is 9.54. The number of carbonyl (C=O) groups excluding carboxylic acids is 1. The molecule has 26 heavy (non-hydrogen) atoms. The Morgan fingerprint density at radius 1 is 1.35 bits per heavy atom. The highest BCUT2D eigenvalue weighted by Crippen LogP contribution is 2.42. The molecular weight excluding hydrogens is 366 g/mol. The van der Waals surface area contributed by atoms with Gasteiger partial charge in [0, 0.05) is 36.1 Å². The van der Waals surface area contributed by atoms with Gasteiger partial charge in [-0.2, -0.15) is 5.10 Å². The summed E-state index contributed by atoms with van der Waals surface area (Å²) in [5, 5.41) is 4.56. The fourth-order valence-electron chi connectivity index (χ4n) is 3.54. The van der Waals surface area contributed by atoms with Gasteiger partial charge < -0.3 is 4.90 Å². The van der Waals surface area contributed by atoms with Crippen molar-refractivity contribution in [2.75, 3.05) is 6.54 Å². The summed E-state index contributed by atoms with van der Waals surface area (Å²) in [5.74, 6) is 0.00472. The molecule has 0 unspecified atom stereocenters. The second-order valence-corrected chi connectivity index (χ2v) is 8.13. The lowest BCUT2D eigenvalue weighted by molar-refractivity contribution is -0.127. The molecule has 0 bridgehead atoms. The average Bonchev–Trinajstić information content (AvgIpc) is 3.24. The van der Waals surface area contributed by atoms with E-state index < -0.39 is 0 Å². The first-order chi connectivity index (χ1) is 12.6. The van der Waals surface area contributed by atoms with Gasteiger partial charge in [0.1, 0.15) is 0 Å². The van der Waals surface area contributed by atoms with Crippen molar-refractivity contribution in [2.24, 2.45) is 7.05 Å². The largest absolute Gasteiger partial charge is 0.333 e. The molecule has 1 atom stereocenters. The van der Waals surface area contributed by atoms with Crippen molar-refractivity contribution < 1.29 is 4.79 Å². The fourth-order valence-corrected chi connectivity index (χ4v) is 4.90. The molecule has 0 aliphatic carbocycles. The predicted molar refractivity (Wildman–Crippen MR) is 105 cm³/mol. The van der Waals surface area contributed by atoms with E-state index >= 15 is 0 Å². The molecular formula is C20H18ClN3OS. The van der Waals surface area contributed by atoms with Crippen LogP contribution >= 0.6 is 22.9 Å². The van der Waals surface area contributed by atoms with Crippen molar-refractivity contribution in [1.82, 2.24) is 14.7 Å². The summed E-state index contributed by atoms with van der Waals surface area (Å²) >= 11 is 7.85. The highest BCUT2D eigenvalue weighted by Gasteiger charge is 2.31. The Bertz CT molecular complexity index is 991. The smallest absolute Gasteiger partial charge is 0.246 e. The van der Waals surface area contributed by atoms with Crippen LogP contribution in [0.4, 0.5) is 0 Å². The highest BCUT2D eigenvalue weighted by molar-refractivity contribution is 7.16. The normalized spacial score (nSPS) is 16.4. The summed E-state index contributed by atoms with van der Waals surface area (Å²) in [5.41, 5.74) is 4.37. The Morgan fingerprint density at radius 2 is 2.15 bits per heavy atom. The number of halogens is 1. The summed E-state index contributed by atoms with van der Waals surface area (Å²) < 4.78 is 2.55. The number of rotatable bonds is 3. The van der Waals surface area contributed by atoms with E-state index in [9.17, 15) is 4.79 Å². The van der Waals surface area contributed by atoms with Crippen LogP contribution in [0.25, 0.3) is 11.3 Å². The summed E-state index contributed by atoms with van der Waals surface area (Å²) in [4.78, 5) is 15.3. The summed E-state index contributed by atoms with van der Waals surface area (Å²) in [7, 11) is 1.91. The monoisotopic (exact) mass is 383 g/mol. The first-order valence-electron chi connectivity index (χ1n) is 8.35. The van der Waals surface area contributed by atoms with Crippen LogP contribution in [0.3, 0.4) is 0 Å². The maximum absolute atomic E-state index is 12.3. The van der Waals surface area contributed by atoms with Gasteiger partial charge in [0.05, 0.1) is 16.6 Å². The minimum atomic E-state index is -0.0551. The quantitative estimate of drug-likeness (QED) is 0.626. The summed E-state index contributed by atoms with van der Waals surface area (Å²) in [6.45, 7) is 4.83. The number of amides is 1. The zero-order valence-electron chi connectivity index (χ0n) is 14.4. The molecule has 6 heteroatoms. The van der Waals surface area contributed by atoms with Crippen molar-refractivity contribution in [3.63, 3.8) is 0 Å². The molecule has 0 saturated carbocycles. The van der Waals surface area contributed by atoms with Gasteiger partial charge in [-0.1, -0.05) is 42.4 Å². The molecule has 132 valence electrons. The molecule has 0 saturated heterocycles. The number of aromatic nitrogens is 2. The SMILES string of the molecule is C=CC(=O)N1Cc2sc(Cl)cc2[C@H](c2ccccc2-c2ccn(C)n2)C1. The topological polar surface area (TPSA) is 38.1 Å². The van der Waals surface area contributed by atoms with E-state index in [4.69, 9.17) is 11.6 Å². The molecule has 3 heterocycles. The van der Waals surface area contributed by atoms with E-state index in [0.717, 1.165) is 26.0 Å². The van der Waals surface area contributed by atoms with Crippen LogP contribution in [0.1, 0.15) is 21.9 Å². The Balaban J connectivity index is 1.84. The van der Waals surface area contributed by atoms with Crippen LogP contribution in [0.15, 0.2) is 55.3 Å². The van der Waals surface area contributed by atoms with Gasteiger partial charge in [-0.25, -0.2) is 0 Å². The number of hydrogen-bond donors (Lipinski definition) is 0. The molecule has 0 fully saturated rings.